The Morgan fingerprint density at radius 1 is 1.35 bits per heavy atom. The van der Waals surface area contributed by atoms with Crippen LogP contribution < -0.4 is 5.32 Å². The van der Waals surface area contributed by atoms with Crippen molar-refractivity contribution >= 4 is 22.8 Å². The topological polar surface area (TPSA) is 78.8 Å². The number of hydrogen-bond acceptors (Lipinski definition) is 3. The molecular formula is C19H24N6O. The van der Waals surface area contributed by atoms with Gasteiger partial charge in [-0.2, -0.15) is 5.10 Å². The van der Waals surface area contributed by atoms with Crippen molar-refractivity contribution in [3.8, 4) is 0 Å². The van der Waals surface area contributed by atoms with Crippen LogP contribution >= 0.6 is 0 Å². The summed E-state index contributed by atoms with van der Waals surface area (Å²) in [5.41, 5.74) is 3.55. The van der Waals surface area contributed by atoms with Crippen molar-refractivity contribution in [1.82, 2.24) is 24.6 Å². The Labute approximate surface area is 152 Å². The fourth-order valence-corrected chi connectivity index (χ4v) is 3.58. The number of carbonyl (C=O) groups is 1. The van der Waals surface area contributed by atoms with Gasteiger partial charge in [-0.3, -0.25) is 4.68 Å². The van der Waals surface area contributed by atoms with Crippen LogP contribution in [0.25, 0.3) is 11.0 Å². The van der Waals surface area contributed by atoms with E-state index in [1.165, 1.54) is 0 Å². The molecule has 2 aromatic heterocycles. The van der Waals surface area contributed by atoms with E-state index in [1.54, 1.807) is 0 Å². The summed E-state index contributed by atoms with van der Waals surface area (Å²) in [7, 11) is 0. The lowest BCUT2D eigenvalue weighted by Crippen LogP contribution is -2.41. The van der Waals surface area contributed by atoms with Crippen molar-refractivity contribution in [1.29, 1.82) is 0 Å². The van der Waals surface area contributed by atoms with E-state index in [9.17, 15) is 4.79 Å². The number of nitrogens with zero attached hydrogens (tertiary/aromatic N) is 4. The van der Waals surface area contributed by atoms with Crippen molar-refractivity contribution in [2.75, 3.05) is 11.9 Å². The summed E-state index contributed by atoms with van der Waals surface area (Å²) in [6.07, 6.45) is 4.91. The monoisotopic (exact) mass is 352 g/mol. The van der Waals surface area contributed by atoms with Gasteiger partial charge in [0.1, 0.15) is 5.82 Å². The summed E-state index contributed by atoms with van der Waals surface area (Å²) in [6.45, 7) is 5.45. The van der Waals surface area contributed by atoms with Crippen molar-refractivity contribution in [3.05, 3.63) is 42.0 Å². The zero-order valence-electron chi connectivity index (χ0n) is 15.2. The highest BCUT2D eigenvalue weighted by Gasteiger charge is 2.30. The van der Waals surface area contributed by atoms with Crippen LogP contribution in [-0.4, -0.2) is 37.2 Å². The number of urea groups is 1. The van der Waals surface area contributed by atoms with Gasteiger partial charge in [-0.05, 0) is 45.2 Å². The first kappa shape index (κ1) is 16.6. The number of aromatic nitrogens is 4. The molecule has 1 aliphatic heterocycles. The second-order valence-corrected chi connectivity index (χ2v) is 6.76. The highest BCUT2D eigenvalue weighted by atomic mass is 16.2. The van der Waals surface area contributed by atoms with Crippen molar-refractivity contribution in [2.45, 2.75) is 45.7 Å². The summed E-state index contributed by atoms with van der Waals surface area (Å²) < 4.78 is 1.83. The molecule has 26 heavy (non-hydrogen) atoms. The Hall–Kier alpha value is -2.83. The van der Waals surface area contributed by atoms with Gasteiger partial charge < -0.3 is 15.2 Å². The van der Waals surface area contributed by atoms with E-state index in [-0.39, 0.29) is 12.1 Å². The molecule has 2 amide bonds. The molecule has 7 heteroatoms. The van der Waals surface area contributed by atoms with Gasteiger partial charge in [0.2, 0.25) is 0 Å². The number of likely N-dealkylation sites (tertiary alicyclic amines) is 1. The number of piperidine rings is 1. The molecule has 136 valence electrons. The predicted molar refractivity (Wildman–Crippen MR) is 101 cm³/mol. The molecule has 1 aliphatic rings. The number of aromatic amines is 1. The van der Waals surface area contributed by atoms with Gasteiger partial charge in [-0.15, -0.1) is 0 Å². The molecule has 0 spiro atoms. The molecule has 0 bridgehead atoms. The fraction of sp³-hybridized carbons (Fsp3) is 0.421. The highest BCUT2D eigenvalue weighted by molar-refractivity contribution is 5.90. The molecule has 0 unspecified atom stereocenters. The van der Waals surface area contributed by atoms with Gasteiger partial charge in [0.05, 0.1) is 28.5 Å². The lowest BCUT2D eigenvalue weighted by atomic mass is 10.0. The number of hydrogen-bond donors (Lipinski definition) is 2. The van der Waals surface area contributed by atoms with Crippen molar-refractivity contribution < 1.29 is 4.79 Å². The normalized spacial score (nSPS) is 17.6. The number of benzene rings is 1. The number of fused-ring (bicyclic) bond motifs is 1. The van der Waals surface area contributed by atoms with E-state index >= 15 is 0 Å². The van der Waals surface area contributed by atoms with Gasteiger partial charge in [0.15, 0.2) is 0 Å². The molecule has 3 heterocycles. The minimum absolute atomic E-state index is 0.0299. The quantitative estimate of drug-likeness (QED) is 0.751. The largest absolute Gasteiger partial charge is 0.340 e. The van der Waals surface area contributed by atoms with Crippen LogP contribution in [0.4, 0.5) is 10.5 Å². The van der Waals surface area contributed by atoms with E-state index in [4.69, 9.17) is 4.98 Å². The summed E-state index contributed by atoms with van der Waals surface area (Å²) in [5.74, 6) is 0.863. The molecule has 1 fully saturated rings. The fourth-order valence-electron chi connectivity index (χ4n) is 3.58. The molecule has 0 radical (unpaired) electrons. The van der Waals surface area contributed by atoms with Crippen LogP contribution in [0.15, 0.2) is 30.5 Å². The van der Waals surface area contributed by atoms with Crippen LogP contribution in [0.2, 0.25) is 0 Å². The van der Waals surface area contributed by atoms with Crippen molar-refractivity contribution in [2.24, 2.45) is 0 Å². The molecule has 0 aliphatic carbocycles. The lowest BCUT2D eigenvalue weighted by Gasteiger charge is -2.34. The number of para-hydroxylation sites is 2. The average molecular weight is 352 g/mol. The third-order valence-corrected chi connectivity index (χ3v) is 5.00. The molecule has 1 aromatic carbocycles. The Kier molecular flexibility index (Phi) is 4.36. The Morgan fingerprint density at radius 2 is 2.19 bits per heavy atom. The third-order valence-electron chi connectivity index (χ3n) is 5.00. The van der Waals surface area contributed by atoms with Crippen molar-refractivity contribution in [3.63, 3.8) is 0 Å². The predicted octanol–water partition coefficient (Wildman–Crippen LogP) is 3.85. The second kappa shape index (κ2) is 6.82. The first-order valence-electron chi connectivity index (χ1n) is 9.22. The zero-order chi connectivity index (χ0) is 18.1. The van der Waals surface area contributed by atoms with E-state index in [0.717, 1.165) is 60.6 Å². The first-order valence-corrected chi connectivity index (χ1v) is 9.22. The number of amides is 2. The van der Waals surface area contributed by atoms with Gasteiger partial charge in [-0.1, -0.05) is 12.1 Å². The molecule has 4 rings (SSSR count). The van der Waals surface area contributed by atoms with Crippen LogP contribution in [0.1, 0.15) is 43.7 Å². The molecule has 7 nitrogen and oxygen atoms in total. The highest BCUT2D eigenvalue weighted by Crippen LogP contribution is 2.31. The second-order valence-electron chi connectivity index (χ2n) is 6.76. The molecular weight excluding hydrogens is 328 g/mol. The van der Waals surface area contributed by atoms with E-state index in [0.29, 0.717) is 0 Å². The molecule has 3 aromatic rings. The van der Waals surface area contributed by atoms with Gasteiger partial charge in [0, 0.05) is 19.3 Å². The number of imidazole rings is 1. The summed E-state index contributed by atoms with van der Waals surface area (Å²) in [4.78, 5) is 23.0. The number of nitrogens with one attached hydrogen (secondary N) is 2. The number of carbonyl (C=O) groups excluding carboxylic acids is 1. The molecule has 1 saturated heterocycles. The molecule has 0 saturated carbocycles. The zero-order valence-corrected chi connectivity index (χ0v) is 15.2. The first-order chi connectivity index (χ1) is 12.7. The smallest absolute Gasteiger partial charge is 0.322 e. The Morgan fingerprint density at radius 3 is 2.96 bits per heavy atom. The average Bonchev–Trinajstić information content (AvgIpc) is 3.25. The minimum Gasteiger partial charge on any atom is -0.340 e. The summed E-state index contributed by atoms with van der Waals surface area (Å²) >= 11 is 0. The maximum atomic E-state index is 13.0. The maximum absolute atomic E-state index is 13.0. The number of anilines is 1. The van der Waals surface area contributed by atoms with Gasteiger partial charge >= 0.3 is 6.03 Å². The van der Waals surface area contributed by atoms with E-state index in [1.807, 2.05) is 53.9 Å². The summed E-state index contributed by atoms with van der Waals surface area (Å²) in [5, 5.41) is 7.43. The minimum atomic E-state index is -0.0890. The van der Waals surface area contributed by atoms with Gasteiger partial charge in [-0.25, -0.2) is 9.78 Å². The third kappa shape index (κ3) is 3.05. The van der Waals surface area contributed by atoms with Crippen LogP contribution in [0, 0.1) is 6.92 Å². The molecule has 1 atom stereocenters. The van der Waals surface area contributed by atoms with E-state index in [2.05, 4.69) is 15.4 Å². The van der Waals surface area contributed by atoms with E-state index < -0.39 is 0 Å². The lowest BCUT2D eigenvalue weighted by molar-refractivity contribution is 0.160. The van der Waals surface area contributed by atoms with Crippen LogP contribution in [-0.2, 0) is 6.54 Å². The summed E-state index contributed by atoms with van der Waals surface area (Å²) in [6, 6.07) is 7.86. The van der Waals surface area contributed by atoms with Crippen LogP contribution in [0.3, 0.4) is 0 Å². The Balaban J connectivity index is 1.58. The standard InChI is InChI=1S/C19H24N6O/c1-3-24-12-16(13(2)23-24)22-19(26)25-11-7-6-10-17(25)18-20-14-8-4-5-9-15(14)21-18/h4-5,8-9,12,17H,3,6-7,10-11H2,1-2H3,(H,20,21)(H,22,26)/t17-/m1/s1. The SMILES string of the molecule is CCn1cc(NC(=O)N2CCCC[C@@H]2c2nc3ccccc3[nH]2)c(C)n1. The number of H-pyrrole nitrogens is 1. The number of aryl methyl sites for hydroxylation is 2. The molecule has 2 N–H and O–H groups in total. The Bertz CT molecular complexity index is 894. The van der Waals surface area contributed by atoms with Crippen LogP contribution in [0.5, 0.6) is 0 Å². The maximum Gasteiger partial charge on any atom is 0.322 e. The number of rotatable bonds is 3. The van der Waals surface area contributed by atoms with Gasteiger partial charge in [0.25, 0.3) is 0 Å².